The molecule has 4 rings (SSSR count). The van der Waals surface area contributed by atoms with Gasteiger partial charge in [-0.05, 0) is 77.9 Å². The number of carbonyl (C=O) groups excluding carboxylic acids is 2. The van der Waals surface area contributed by atoms with Gasteiger partial charge in [-0.25, -0.2) is 9.97 Å². The number of amides is 1. The Balaban J connectivity index is 0.00000441. The molecule has 1 heterocycles. The average molecular weight is 546 g/mol. The van der Waals surface area contributed by atoms with Crippen molar-refractivity contribution in [3.63, 3.8) is 0 Å². The summed E-state index contributed by atoms with van der Waals surface area (Å²) >= 11 is 1.51. The summed E-state index contributed by atoms with van der Waals surface area (Å²) < 4.78 is 5.69. The van der Waals surface area contributed by atoms with E-state index >= 15 is 0 Å². The van der Waals surface area contributed by atoms with Crippen LogP contribution < -0.4 is 34.0 Å². The Kier molecular flexibility index (Phi) is 11.6. The third-order valence-corrected chi connectivity index (χ3v) is 6.63. The van der Waals surface area contributed by atoms with Crippen LogP contribution in [0.2, 0.25) is 0 Å². The molecule has 0 radical (unpaired) electrons. The molecule has 0 aliphatic rings. The molecule has 4 aromatic rings. The van der Waals surface area contributed by atoms with Crippen LogP contribution in [0.25, 0.3) is 23.3 Å². The number of ether oxygens (including phenoxy) is 1. The predicted octanol–water partition coefficient (Wildman–Crippen LogP) is 2.02. The minimum absolute atomic E-state index is 0. The van der Waals surface area contributed by atoms with Gasteiger partial charge >= 0.3 is 18.9 Å². The summed E-state index contributed by atoms with van der Waals surface area (Å²) in [6, 6.07) is 21.5. The van der Waals surface area contributed by atoms with Gasteiger partial charge in [0.25, 0.3) is 5.91 Å². The number of hydrogen-bond acceptors (Lipinski definition) is 7. The summed E-state index contributed by atoms with van der Waals surface area (Å²) in [5, 5.41) is 14.2. The van der Waals surface area contributed by atoms with Crippen LogP contribution in [-0.2, 0) is 4.79 Å². The Morgan fingerprint density at radius 1 is 0.975 bits per heavy atom. The van der Waals surface area contributed by atoms with Crippen LogP contribution in [0.3, 0.4) is 0 Å². The number of aliphatic carboxylic acids is 1. The molecule has 0 bridgehead atoms. The van der Waals surface area contributed by atoms with Crippen LogP contribution in [0.1, 0.15) is 33.6 Å². The summed E-state index contributed by atoms with van der Waals surface area (Å²) in [5.74, 6) is -0.0917. The van der Waals surface area contributed by atoms with Crippen LogP contribution >= 0.6 is 11.8 Å². The van der Waals surface area contributed by atoms with Gasteiger partial charge in [0, 0.05) is 5.56 Å². The standard InChI is InChI=1S/C31H29N3O4S.Li/c1-21-8-6-7-11-25(21)27-18-22(13-15-26(27)30(35)34-28(31(36)37)16-17-39-2)12-14-23-19-33-29(20-32-23)38-24-9-4-3-5-10-24;/h3-15,18-20,28H,16-17H2,1-2H3,(H,34,35)(H,36,37);/q;+1/p-1/b14-12+;. The quantitative estimate of drug-likeness (QED) is 0.288. The van der Waals surface area contributed by atoms with Crippen LogP contribution in [-0.4, -0.2) is 39.9 Å². The van der Waals surface area contributed by atoms with E-state index in [2.05, 4.69) is 15.3 Å². The first-order valence-corrected chi connectivity index (χ1v) is 13.8. The van der Waals surface area contributed by atoms with E-state index in [-0.39, 0.29) is 25.3 Å². The van der Waals surface area contributed by atoms with Gasteiger partial charge in [-0.1, -0.05) is 54.6 Å². The average Bonchev–Trinajstić information content (AvgIpc) is 2.95. The molecule has 3 aromatic carbocycles. The van der Waals surface area contributed by atoms with E-state index in [1.54, 1.807) is 18.5 Å². The second-order valence-corrected chi connectivity index (χ2v) is 9.76. The Hall–Kier alpha value is -3.83. The molecule has 40 heavy (non-hydrogen) atoms. The molecule has 1 atom stereocenters. The molecule has 0 saturated heterocycles. The Labute approximate surface area is 250 Å². The first kappa shape index (κ1) is 30.7. The third kappa shape index (κ3) is 8.33. The normalized spacial score (nSPS) is 11.4. The first-order chi connectivity index (χ1) is 18.9. The number of carbonyl (C=O) groups is 2. The van der Waals surface area contributed by atoms with E-state index in [4.69, 9.17) is 4.74 Å². The number of aryl methyl sites for hydroxylation is 1. The number of nitrogens with zero attached hydrogens (tertiary/aromatic N) is 2. The fourth-order valence-corrected chi connectivity index (χ4v) is 4.41. The zero-order valence-electron chi connectivity index (χ0n) is 22.7. The zero-order chi connectivity index (χ0) is 27.6. The fraction of sp³-hybridized carbons (Fsp3) is 0.161. The van der Waals surface area contributed by atoms with Crippen LogP contribution in [0.4, 0.5) is 0 Å². The van der Waals surface area contributed by atoms with Crippen LogP contribution in [0, 0.1) is 6.92 Å². The molecule has 0 saturated carbocycles. The minimum atomic E-state index is -1.30. The van der Waals surface area contributed by atoms with Crippen molar-refractivity contribution in [3.8, 4) is 22.8 Å². The van der Waals surface area contributed by atoms with Gasteiger partial charge in [-0.3, -0.25) is 4.79 Å². The number of rotatable bonds is 11. The Morgan fingerprint density at radius 3 is 2.40 bits per heavy atom. The van der Waals surface area contributed by atoms with Crippen molar-refractivity contribution in [1.29, 1.82) is 0 Å². The number of hydrogen-bond donors (Lipinski definition) is 1. The van der Waals surface area contributed by atoms with E-state index in [0.29, 0.717) is 34.2 Å². The second kappa shape index (κ2) is 15.1. The van der Waals surface area contributed by atoms with Crippen LogP contribution in [0.5, 0.6) is 11.6 Å². The fourth-order valence-electron chi connectivity index (χ4n) is 3.94. The van der Waals surface area contributed by atoms with E-state index in [0.717, 1.165) is 16.7 Å². The van der Waals surface area contributed by atoms with Gasteiger partial charge in [0.05, 0.1) is 30.1 Å². The van der Waals surface area contributed by atoms with Crippen molar-refractivity contribution < 1.29 is 38.3 Å². The van der Waals surface area contributed by atoms with Crippen molar-refractivity contribution in [2.75, 3.05) is 12.0 Å². The number of para-hydroxylation sites is 1. The Morgan fingerprint density at radius 2 is 1.73 bits per heavy atom. The molecule has 0 fully saturated rings. The summed E-state index contributed by atoms with van der Waals surface area (Å²) in [5.41, 5.74) is 4.45. The summed E-state index contributed by atoms with van der Waals surface area (Å²) in [6.07, 6.45) is 9.05. The molecule has 0 aliphatic heterocycles. The van der Waals surface area contributed by atoms with E-state index in [1.807, 2.05) is 92.1 Å². The number of aromatic nitrogens is 2. The summed E-state index contributed by atoms with van der Waals surface area (Å²) in [7, 11) is 0. The third-order valence-electron chi connectivity index (χ3n) is 5.98. The maximum Gasteiger partial charge on any atom is 1.00 e. The van der Waals surface area contributed by atoms with Gasteiger partial charge in [-0.15, -0.1) is 0 Å². The summed E-state index contributed by atoms with van der Waals surface area (Å²) in [4.78, 5) is 33.6. The predicted molar refractivity (Wildman–Crippen MR) is 153 cm³/mol. The SMILES string of the molecule is CSCCC(NC(=O)c1ccc(/C=C/c2cnc(Oc3ccccc3)cn2)cc1-c1ccccc1C)C(=O)[O-].[Li+]. The number of carboxylic acid groups (broad SMARTS) is 1. The van der Waals surface area contributed by atoms with Crippen molar-refractivity contribution in [3.05, 3.63) is 108 Å². The van der Waals surface area contributed by atoms with Crippen molar-refractivity contribution >= 4 is 35.8 Å². The second-order valence-electron chi connectivity index (χ2n) is 8.77. The minimum Gasteiger partial charge on any atom is -0.548 e. The topological polar surface area (TPSA) is 104 Å². The van der Waals surface area contributed by atoms with Gasteiger partial charge in [0.2, 0.25) is 5.88 Å². The molecule has 0 spiro atoms. The number of carboxylic acids is 1. The van der Waals surface area contributed by atoms with Crippen molar-refractivity contribution in [1.82, 2.24) is 15.3 Å². The molecule has 0 aliphatic carbocycles. The van der Waals surface area contributed by atoms with E-state index in [9.17, 15) is 14.7 Å². The van der Waals surface area contributed by atoms with Gasteiger partial charge < -0.3 is 20.0 Å². The molecule has 7 nitrogen and oxygen atoms in total. The van der Waals surface area contributed by atoms with E-state index < -0.39 is 17.9 Å². The van der Waals surface area contributed by atoms with Gasteiger partial charge in [0.15, 0.2) is 0 Å². The smallest absolute Gasteiger partial charge is 0.548 e. The molecule has 198 valence electrons. The molecule has 1 amide bonds. The summed E-state index contributed by atoms with van der Waals surface area (Å²) in [6.45, 7) is 1.97. The maximum absolute atomic E-state index is 13.2. The first-order valence-electron chi connectivity index (χ1n) is 12.4. The Bertz CT molecular complexity index is 1460. The van der Waals surface area contributed by atoms with Crippen molar-refractivity contribution in [2.24, 2.45) is 0 Å². The van der Waals surface area contributed by atoms with Crippen molar-refractivity contribution in [2.45, 2.75) is 19.4 Å². The van der Waals surface area contributed by atoms with Gasteiger partial charge in [-0.2, -0.15) is 11.8 Å². The number of benzene rings is 3. The zero-order valence-corrected chi connectivity index (χ0v) is 23.5. The van der Waals surface area contributed by atoms with E-state index in [1.165, 1.54) is 11.8 Å². The number of nitrogens with one attached hydrogen (secondary N) is 1. The number of thioether (sulfide) groups is 1. The monoisotopic (exact) mass is 545 g/mol. The molecular weight excluding hydrogens is 517 g/mol. The molecular formula is C31H28LiN3O4S. The largest absolute Gasteiger partial charge is 1.00 e. The van der Waals surface area contributed by atoms with Crippen LogP contribution in [0.15, 0.2) is 85.2 Å². The molecule has 1 aromatic heterocycles. The molecule has 1 N–H and O–H groups in total. The maximum atomic E-state index is 13.2. The molecule has 9 heteroatoms. The molecule has 1 unspecified atom stereocenters. The van der Waals surface area contributed by atoms with Gasteiger partial charge in [0.1, 0.15) is 5.75 Å².